The van der Waals surface area contributed by atoms with E-state index in [1.165, 1.54) is 11.8 Å². The van der Waals surface area contributed by atoms with Crippen LogP contribution in [0.1, 0.15) is 20.1 Å². The Morgan fingerprint density at radius 2 is 1.96 bits per heavy atom. The van der Waals surface area contributed by atoms with Crippen LogP contribution in [-0.4, -0.2) is 21.1 Å². The first-order valence-electron chi connectivity index (χ1n) is 6.85. The fourth-order valence-electron chi connectivity index (χ4n) is 1.99. The molecule has 2 heterocycles. The molecule has 1 saturated heterocycles. The summed E-state index contributed by atoms with van der Waals surface area (Å²) in [6, 6.07) is 10.3. The Bertz CT molecular complexity index is 858. The minimum absolute atomic E-state index is 0.293. The average Bonchev–Trinajstić information content (AvgIpc) is 3.06. The molecule has 0 atom stereocenters. The van der Waals surface area contributed by atoms with Gasteiger partial charge in [0.1, 0.15) is 0 Å². The maximum Gasteiger partial charge on any atom is 0.285 e. The number of benzene rings is 1. The quantitative estimate of drug-likeness (QED) is 0.624. The van der Waals surface area contributed by atoms with Crippen molar-refractivity contribution in [3.63, 3.8) is 0 Å². The maximum absolute atomic E-state index is 12.5. The van der Waals surface area contributed by atoms with Crippen LogP contribution in [0.3, 0.4) is 0 Å². The number of nitrogens with zero attached hydrogens (tertiary/aromatic N) is 1. The van der Waals surface area contributed by atoms with Crippen LogP contribution >= 0.6 is 46.9 Å². The summed E-state index contributed by atoms with van der Waals surface area (Å²) in [5.74, 6) is -0.755. The number of carbonyl (C=O) groups excluding carboxylic acids is 2. The summed E-state index contributed by atoms with van der Waals surface area (Å²) in [5.41, 5.74) is 2.93. The van der Waals surface area contributed by atoms with Gasteiger partial charge in [-0.3, -0.25) is 15.0 Å². The third-order valence-corrected chi connectivity index (χ3v) is 5.65. The first kappa shape index (κ1) is 17.2. The number of hydrogen-bond acceptors (Lipinski definition) is 5. The normalized spacial score (nSPS) is 16.1. The van der Waals surface area contributed by atoms with Gasteiger partial charge in [-0.15, -0.1) is 11.3 Å². The fraction of sp³-hybridized carbons (Fsp3) is 0.0625. The lowest BCUT2D eigenvalue weighted by atomic mass is 10.2. The van der Waals surface area contributed by atoms with Gasteiger partial charge in [-0.1, -0.05) is 23.4 Å². The summed E-state index contributed by atoms with van der Waals surface area (Å²) >= 11 is 13.8. The standard InChI is InChI=1S/C16H11ClN2O2S3/c1-9-2-7-12(23-9)8-13-15(21)19(16(22)24-13)18-14(20)10-3-5-11(17)6-4-10/h2-8H,1H3,(H,18,20)/b13-8+. The Hall–Kier alpha value is -1.67. The van der Waals surface area contributed by atoms with Crippen LogP contribution < -0.4 is 5.43 Å². The van der Waals surface area contributed by atoms with Gasteiger partial charge in [-0.05, 0) is 61.6 Å². The molecule has 0 radical (unpaired) electrons. The number of thioether (sulfide) groups is 1. The number of aryl methyl sites for hydroxylation is 1. The zero-order valence-electron chi connectivity index (χ0n) is 12.4. The Balaban J connectivity index is 1.76. The van der Waals surface area contributed by atoms with E-state index in [0.29, 0.717) is 19.8 Å². The molecule has 4 nitrogen and oxygen atoms in total. The SMILES string of the molecule is Cc1ccc(/C=C2/SC(=S)N(NC(=O)c3ccc(Cl)cc3)C2=O)s1. The van der Waals surface area contributed by atoms with Gasteiger partial charge in [0.05, 0.1) is 4.91 Å². The maximum atomic E-state index is 12.5. The van der Waals surface area contributed by atoms with E-state index >= 15 is 0 Å². The number of hydrazine groups is 1. The Morgan fingerprint density at radius 3 is 2.58 bits per heavy atom. The summed E-state index contributed by atoms with van der Waals surface area (Å²) < 4.78 is 0.293. The predicted octanol–water partition coefficient (Wildman–Crippen LogP) is 4.26. The molecule has 8 heteroatoms. The van der Waals surface area contributed by atoms with Gasteiger partial charge >= 0.3 is 0 Å². The first-order chi connectivity index (χ1) is 11.4. The van der Waals surface area contributed by atoms with E-state index in [0.717, 1.165) is 14.8 Å². The lowest BCUT2D eigenvalue weighted by molar-refractivity contribution is -0.123. The number of carbonyl (C=O) groups is 2. The molecule has 0 saturated carbocycles. The lowest BCUT2D eigenvalue weighted by Crippen LogP contribution is -2.44. The van der Waals surface area contributed by atoms with E-state index in [-0.39, 0.29) is 5.91 Å². The van der Waals surface area contributed by atoms with Crippen molar-refractivity contribution in [3.05, 3.63) is 61.6 Å². The number of halogens is 1. The highest BCUT2D eigenvalue weighted by Crippen LogP contribution is 2.32. The molecule has 0 aliphatic carbocycles. The Labute approximate surface area is 157 Å². The fourth-order valence-corrected chi connectivity index (χ4v) is 4.18. The largest absolute Gasteiger partial charge is 0.285 e. The monoisotopic (exact) mass is 394 g/mol. The summed E-state index contributed by atoms with van der Waals surface area (Å²) in [5, 5.41) is 1.63. The van der Waals surface area contributed by atoms with E-state index in [9.17, 15) is 9.59 Å². The molecule has 2 amide bonds. The van der Waals surface area contributed by atoms with Crippen molar-refractivity contribution < 1.29 is 9.59 Å². The highest BCUT2D eigenvalue weighted by molar-refractivity contribution is 8.26. The highest BCUT2D eigenvalue weighted by atomic mass is 35.5. The molecule has 1 N–H and O–H groups in total. The molecule has 1 aromatic heterocycles. The van der Waals surface area contributed by atoms with Crippen molar-refractivity contribution in [1.82, 2.24) is 10.4 Å². The third kappa shape index (κ3) is 3.70. The molecule has 1 fully saturated rings. The van der Waals surface area contributed by atoms with Crippen LogP contribution in [0.4, 0.5) is 0 Å². The van der Waals surface area contributed by atoms with Crippen molar-refractivity contribution in [3.8, 4) is 0 Å². The second-order valence-electron chi connectivity index (χ2n) is 4.91. The van der Waals surface area contributed by atoms with E-state index in [1.54, 1.807) is 41.7 Å². The zero-order chi connectivity index (χ0) is 17.3. The van der Waals surface area contributed by atoms with Crippen molar-refractivity contribution >= 4 is 69.1 Å². The number of rotatable bonds is 3. The van der Waals surface area contributed by atoms with Gasteiger partial charge in [0.2, 0.25) is 0 Å². The summed E-state index contributed by atoms with van der Waals surface area (Å²) in [4.78, 5) is 27.3. The van der Waals surface area contributed by atoms with E-state index in [1.807, 2.05) is 19.1 Å². The van der Waals surface area contributed by atoms with Gasteiger partial charge in [0.25, 0.3) is 11.8 Å². The molecule has 122 valence electrons. The average molecular weight is 395 g/mol. The molecule has 1 aliphatic heterocycles. The number of nitrogens with one attached hydrogen (secondary N) is 1. The number of amides is 2. The first-order valence-corrected chi connectivity index (χ1v) is 9.27. The Kier molecular flexibility index (Phi) is 5.05. The molecule has 1 aliphatic rings. The second kappa shape index (κ2) is 7.06. The third-order valence-electron chi connectivity index (χ3n) is 3.15. The number of thiophene rings is 1. The molecular weight excluding hydrogens is 384 g/mol. The van der Waals surface area contributed by atoms with Crippen LogP contribution in [0.15, 0.2) is 41.3 Å². The van der Waals surface area contributed by atoms with Crippen LogP contribution in [0.2, 0.25) is 5.02 Å². The summed E-state index contributed by atoms with van der Waals surface area (Å²) in [7, 11) is 0. The van der Waals surface area contributed by atoms with Crippen molar-refractivity contribution in [2.45, 2.75) is 6.92 Å². The van der Waals surface area contributed by atoms with Crippen LogP contribution in [0.25, 0.3) is 6.08 Å². The smallest absolute Gasteiger partial charge is 0.267 e. The van der Waals surface area contributed by atoms with Crippen molar-refractivity contribution in [2.24, 2.45) is 0 Å². The molecule has 0 unspecified atom stereocenters. The second-order valence-corrected chi connectivity index (χ2v) is 8.35. The number of hydrogen-bond donors (Lipinski definition) is 1. The molecular formula is C16H11ClN2O2S3. The zero-order valence-corrected chi connectivity index (χ0v) is 15.6. The van der Waals surface area contributed by atoms with Gasteiger partial charge < -0.3 is 0 Å². The molecule has 3 rings (SSSR count). The van der Waals surface area contributed by atoms with Gasteiger partial charge in [0.15, 0.2) is 4.32 Å². The van der Waals surface area contributed by atoms with Crippen LogP contribution in [0.5, 0.6) is 0 Å². The minimum Gasteiger partial charge on any atom is -0.267 e. The molecule has 1 aromatic carbocycles. The molecule has 2 aromatic rings. The van der Waals surface area contributed by atoms with E-state index in [4.69, 9.17) is 23.8 Å². The summed E-state index contributed by atoms with van der Waals surface area (Å²) in [6.07, 6.45) is 1.78. The highest BCUT2D eigenvalue weighted by Gasteiger charge is 2.33. The molecule has 24 heavy (non-hydrogen) atoms. The van der Waals surface area contributed by atoms with Crippen LogP contribution in [-0.2, 0) is 4.79 Å². The minimum atomic E-state index is -0.420. The Morgan fingerprint density at radius 1 is 1.25 bits per heavy atom. The van der Waals surface area contributed by atoms with E-state index < -0.39 is 5.91 Å². The van der Waals surface area contributed by atoms with Crippen molar-refractivity contribution in [2.75, 3.05) is 0 Å². The van der Waals surface area contributed by atoms with Gasteiger partial charge in [-0.2, -0.15) is 5.01 Å². The van der Waals surface area contributed by atoms with Crippen molar-refractivity contribution in [1.29, 1.82) is 0 Å². The molecule has 0 bridgehead atoms. The predicted molar refractivity (Wildman–Crippen MR) is 103 cm³/mol. The van der Waals surface area contributed by atoms with Crippen LogP contribution in [0, 0.1) is 6.92 Å². The van der Waals surface area contributed by atoms with E-state index in [2.05, 4.69) is 5.43 Å². The number of thiocarbonyl (C=S) groups is 1. The van der Waals surface area contributed by atoms with Gasteiger partial charge in [-0.25, -0.2) is 0 Å². The van der Waals surface area contributed by atoms with Gasteiger partial charge in [0, 0.05) is 20.3 Å². The summed E-state index contributed by atoms with van der Waals surface area (Å²) in [6.45, 7) is 2.00. The molecule has 0 spiro atoms. The topological polar surface area (TPSA) is 49.4 Å². The lowest BCUT2D eigenvalue weighted by Gasteiger charge is -2.15.